The molecule has 1 heterocycles. The molecule has 0 radical (unpaired) electrons. The Bertz CT molecular complexity index is 1040. The number of phenols is 4. The topological polar surface area (TPSA) is 116 Å². The maximum atomic E-state index is 12.7. The molecule has 4 N–H and O–H groups in total. The van der Waals surface area contributed by atoms with Crippen molar-refractivity contribution in [2.45, 2.75) is 122 Å². The third-order valence-corrected chi connectivity index (χ3v) is 7.51. The lowest BCUT2D eigenvalue weighted by atomic mass is 9.93. The molecule has 2 atom stereocenters. The van der Waals surface area contributed by atoms with Crippen LogP contribution in [0.5, 0.6) is 28.7 Å². The van der Waals surface area contributed by atoms with E-state index in [-0.39, 0.29) is 41.1 Å². The Hall–Kier alpha value is -3.09. The number of ether oxygens (including phenoxy) is 2. The molecule has 39 heavy (non-hydrogen) atoms. The summed E-state index contributed by atoms with van der Waals surface area (Å²) < 4.78 is 11.8. The van der Waals surface area contributed by atoms with Crippen LogP contribution in [0.25, 0.3) is 0 Å². The number of carbonyl (C=O) groups is 1. The molecule has 1 aliphatic heterocycles. The van der Waals surface area contributed by atoms with Gasteiger partial charge in [-0.15, -0.1) is 0 Å². The zero-order valence-electron chi connectivity index (χ0n) is 23.4. The molecular formula is C32H46O7. The minimum absolute atomic E-state index is 0.134. The molecule has 0 saturated heterocycles. The van der Waals surface area contributed by atoms with Gasteiger partial charge in [0.15, 0.2) is 17.6 Å². The Morgan fingerprint density at radius 3 is 1.95 bits per heavy atom. The number of hydrogen-bond acceptors (Lipinski definition) is 7. The number of carbonyl (C=O) groups excluding carboxylic acids is 1. The Morgan fingerprint density at radius 2 is 1.36 bits per heavy atom. The highest BCUT2D eigenvalue weighted by molar-refractivity contribution is 5.69. The molecule has 0 aromatic heterocycles. The SMILES string of the molecule is CCCCCCCCCCCCCCCCC(=O)OC1Cc2c(O)cc(O)cc2OC1c1ccc(O)c(O)c1. The van der Waals surface area contributed by atoms with E-state index in [2.05, 4.69) is 6.92 Å². The summed E-state index contributed by atoms with van der Waals surface area (Å²) in [6.07, 6.45) is 16.4. The van der Waals surface area contributed by atoms with Crippen LogP contribution in [0.2, 0.25) is 0 Å². The van der Waals surface area contributed by atoms with Crippen LogP contribution in [0.3, 0.4) is 0 Å². The molecule has 0 saturated carbocycles. The molecule has 0 spiro atoms. The van der Waals surface area contributed by atoms with E-state index in [1.54, 1.807) is 6.07 Å². The Kier molecular flexibility index (Phi) is 12.6. The summed E-state index contributed by atoms with van der Waals surface area (Å²) in [5.41, 5.74) is 0.953. The molecule has 216 valence electrons. The van der Waals surface area contributed by atoms with E-state index in [1.165, 1.54) is 94.9 Å². The molecule has 0 aliphatic carbocycles. The van der Waals surface area contributed by atoms with Crippen molar-refractivity contribution in [2.24, 2.45) is 0 Å². The number of phenolic OH excluding ortho intramolecular Hbond substituents is 4. The maximum absolute atomic E-state index is 12.7. The predicted molar refractivity (Wildman–Crippen MR) is 151 cm³/mol. The van der Waals surface area contributed by atoms with Crippen molar-refractivity contribution in [2.75, 3.05) is 0 Å². The van der Waals surface area contributed by atoms with Crippen molar-refractivity contribution >= 4 is 5.97 Å². The van der Waals surface area contributed by atoms with Crippen LogP contribution in [0.1, 0.15) is 120 Å². The van der Waals surface area contributed by atoms with Crippen molar-refractivity contribution in [3.8, 4) is 28.7 Å². The van der Waals surface area contributed by atoms with Crippen molar-refractivity contribution in [3.05, 3.63) is 41.5 Å². The van der Waals surface area contributed by atoms with Gasteiger partial charge in [0.2, 0.25) is 0 Å². The number of aromatic hydroxyl groups is 4. The van der Waals surface area contributed by atoms with E-state index in [0.717, 1.165) is 19.3 Å². The normalized spacial score (nSPS) is 16.4. The lowest BCUT2D eigenvalue weighted by Gasteiger charge is -2.34. The number of rotatable bonds is 17. The second-order valence-electron chi connectivity index (χ2n) is 10.8. The fourth-order valence-corrected chi connectivity index (χ4v) is 5.24. The van der Waals surface area contributed by atoms with Gasteiger partial charge in [0.05, 0.1) is 0 Å². The van der Waals surface area contributed by atoms with E-state index >= 15 is 0 Å². The van der Waals surface area contributed by atoms with Gasteiger partial charge in [0.25, 0.3) is 0 Å². The molecule has 0 fully saturated rings. The lowest BCUT2D eigenvalue weighted by molar-refractivity contribution is -0.155. The number of unbranched alkanes of at least 4 members (excludes halogenated alkanes) is 13. The van der Waals surface area contributed by atoms with Crippen LogP contribution >= 0.6 is 0 Å². The van der Waals surface area contributed by atoms with Gasteiger partial charge in [-0.25, -0.2) is 0 Å². The summed E-state index contributed by atoms with van der Waals surface area (Å²) in [6.45, 7) is 2.25. The summed E-state index contributed by atoms with van der Waals surface area (Å²) in [7, 11) is 0. The zero-order chi connectivity index (χ0) is 28.0. The quantitative estimate of drug-likeness (QED) is 0.0910. The van der Waals surface area contributed by atoms with Crippen LogP contribution in [0.4, 0.5) is 0 Å². The Morgan fingerprint density at radius 1 is 0.769 bits per heavy atom. The van der Waals surface area contributed by atoms with Crippen LogP contribution in [-0.2, 0) is 16.0 Å². The molecule has 2 unspecified atom stereocenters. The molecule has 2 aromatic rings. The second-order valence-corrected chi connectivity index (χ2v) is 10.8. The van der Waals surface area contributed by atoms with E-state index in [4.69, 9.17) is 9.47 Å². The number of fused-ring (bicyclic) bond motifs is 1. The van der Waals surface area contributed by atoms with Crippen LogP contribution < -0.4 is 4.74 Å². The highest BCUT2D eigenvalue weighted by atomic mass is 16.6. The van der Waals surface area contributed by atoms with Gasteiger partial charge in [-0.05, 0) is 18.6 Å². The van der Waals surface area contributed by atoms with Crippen molar-refractivity contribution in [3.63, 3.8) is 0 Å². The molecular weight excluding hydrogens is 496 g/mol. The first-order valence-electron chi connectivity index (χ1n) is 14.8. The highest BCUT2D eigenvalue weighted by Crippen LogP contribution is 2.43. The summed E-state index contributed by atoms with van der Waals surface area (Å²) in [5, 5.41) is 39.9. The number of benzene rings is 2. The first kappa shape index (κ1) is 30.5. The van der Waals surface area contributed by atoms with Gasteiger partial charge in [0.1, 0.15) is 23.4 Å². The van der Waals surface area contributed by atoms with E-state index in [0.29, 0.717) is 17.5 Å². The first-order valence-corrected chi connectivity index (χ1v) is 14.8. The van der Waals surface area contributed by atoms with E-state index in [1.807, 2.05) is 0 Å². The molecule has 1 aliphatic rings. The third kappa shape index (κ3) is 9.86. The van der Waals surface area contributed by atoms with E-state index < -0.39 is 12.2 Å². The van der Waals surface area contributed by atoms with Crippen LogP contribution in [-0.4, -0.2) is 32.5 Å². The van der Waals surface area contributed by atoms with Crippen LogP contribution in [0, 0.1) is 0 Å². The Balaban J connectivity index is 1.40. The van der Waals surface area contributed by atoms with Crippen molar-refractivity contribution < 1.29 is 34.7 Å². The molecule has 0 amide bonds. The minimum Gasteiger partial charge on any atom is -0.508 e. The maximum Gasteiger partial charge on any atom is 0.306 e. The fourth-order valence-electron chi connectivity index (χ4n) is 5.24. The smallest absolute Gasteiger partial charge is 0.306 e. The van der Waals surface area contributed by atoms with Gasteiger partial charge in [-0.3, -0.25) is 4.79 Å². The van der Waals surface area contributed by atoms with E-state index in [9.17, 15) is 25.2 Å². The average Bonchev–Trinajstić information content (AvgIpc) is 2.90. The number of hydrogen-bond donors (Lipinski definition) is 4. The largest absolute Gasteiger partial charge is 0.508 e. The Labute approximate surface area is 232 Å². The zero-order valence-corrected chi connectivity index (χ0v) is 23.4. The standard InChI is InChI=1S/C32H46O7/c1-2-3-4-5-6-7-8-9-10-11-12-13-14-15-16-31(37)38-30-22-25-27(35)20-24(33)21-29(25)39-32(30)23-17-18-26(34)28(36)19-23/h17-21,30,32-36H,2-16,22H2,1H3. The summed E-state index contributed by atoms with van der Waals surface area (Å²) in [6, 6.07) is 6.92. The van der Waals surface area contributed by atoms with Gasteiger partial charge in [-0.1, -0.05) is 96.5 Å². The summed E-state index contributed by atoms with van der Waals surface area (Å²) in [5.74, 6) is -0.914. The molecule has 7 heteroatoms. The number of esters is 1. The molecule has 7 nitrogen and oxygen atoms in total. The van der Waals surface area contributed by atoms with Crippen molar-refractivity contribution in [1.82, 2.24) is 0 Å². The fraction of sp³-hybridized carbons (Fsp3) is 0.594. The first-order chi connectivity index (χ1) is 18.9. The van der Waals surface area contributed by atoms with Gasteiger partial charge in [-0.2, -0.15) is 0 Å². The lowest BCUT2D eigenvalue weighted by Crippen LogP contribution is -2.34. The van der Waals surface area contributed by atoms with Crippen LogP contribution in [0.15, 0.2) is 30.3 Å². The second kappa shape index (κ2) is 16.1. The minimum atomic E-state index is -0.773. The summed E-state index contributed by atoms with van der Waals surface area (Å²) >= 11 is 0. The van der Waals surface area contributed by atoms with Gasteiger partial charge < -0.3 is 29.9 Å². The molecule has 3 rings (SSSR count). The van der Waals surface area contributed by atoms with Crippen molar-refractivity contribution in [1.29, 1.82) is 0 Å². The predicted octanol–water partition coefficient (Wildman–Crippen LogP) is 7.97. The van der Waals surface area contributed by atoms with Gasteiger partial charge >= 0.3 is 5.97 Å². The van der Waals surface area contributed by atoms with Gasteiger partial charge in [0, 0.05) is 36.1 Å². The average molecular weight is 543 g/mol. The third-order valence-electron chi connectivity index (χ3n) is 7.51. The molecule has 2 aromatic carbocycles. The molecule has 0 bridgehead atoms. The monoisotopic (exact) mass is 542 g/mol. The summed E-state index contributed by atoms with van der Waals surface area (Å²) in [4.78, 5) is 12.7. The highest BCUT2D eigenvalue weighted by Gasteiger charge is 2.36.